The zero-order chi connectivity index (χ0) is 15.9. The van der Waals surface area contributed by atoms with Gasteiger partial charge in [0, 0.05) is 5.71 Å². The van der Waals surface area contributed by atoms with Gasteiger partial charge in [-0.3, -0.25) is 5.43 Å². The molecule has 0 spiro atoms. The van der Waals surface area contributed by atoms with Gasteiger partial charge < -0.3 is 4.74 Å². The Morgan fingerprint density at radius 3 is 2.22 bits per heavy atom. The number of hydrogen-bond donors (Lipinski definition) is 1. The molecule has 0 atom stereocenters. The first kappa shape index (κ1) is 15.3. The van der Waals surface area contributed by atoms with Crippen molar-refractivity contribution in [2.75, 3.05) is 5.43 Å². The minimum Gasteiger partial charge on any atom is -0.459 e. The van der Waals surface area contributed by atoms with Gasteiger partial charge in [0.05, 0.1) is 11.3 Å². The lowest BCUT2D eigenvalue weighted by atomic mass is 9.96. The predicted molar refractivity (Wildman–Crippen MR) is 91.6 cm³/mol. The van der Waals surface area contributed by atoms with Crippen LogP contribution < -0.4 is 5.43 Å². The largest absolute Gasteiger partial charge is 0.459 e. The normalized spacial score (nSPS) is 17.4. The highest BCUT2D eigenvalue weighted by molar-refractivity contribution is 5.90. The van der Waals surface area contributed by atoms with Crippen molar-refractivity contribution in [3.8, 4) is 0 Å². The van der Waals surface area contributed by atoms with E-state index in [1.165, 1.54) is 0 Å². The molecule has 23 heavy (non-hydrogen) atoms. The van der Waals surface area contributed by atoms with Gasteiger partial charge in [0.15, 0.2) is 0 Å². The Kier molecular flexibility index (Phi) is 5.04. The maximum Gasteiger partial charge on any atom is 0.338 e. The van der Waals surface area contributed by atoms with E-state index in [0.29, 0.717) is 5.56 Å². The number of esters is 1. The number of nitrogens with one attached hydrogen (secondary N) is 1. The Labute approximate surface area is 136 Å². The maximum atomic E-state index is 12.0. The first-order valence-electron chi connectivity index (χ1n) is 7.94. The summed E-state index contributed by atoms with van der Waals surface area (Å²) in [6, 6.07) is 19.0. The fourth-order valence-electron chi connectivity index (χ4n) is 2.60. The van der Waals surface area contributed by atoms with Crippen LogP contribution in [-0.4, -0.2) is 17.8 Å². The molecule has 0 aliphatic heterocycles. The number of anilines is 1. The molecule has 118 valence electrons. The second-order valence-corrected chi connectivity index (χ2v) is 5.63. The molecule has 4 heteroatoms. The van der Waals surface area contributed by atoms with Crippen LogP contribution in [0.1, 0.15) is 36.0 Å². The summed E-state index contributed by atoms with van der Waals surface area (Å²) in [6.07, 6.45) is 3.35. The molecule has 0 heterocycles. The van der Waals surface area contributed by atoms with Gasteiger partial charge in [0.1, 0.15) is 6.10 Å². The van der Waals surface area contributed by atoms with Crippen LogP contribution in [0.4, 0.5) is 5.69 Å². The van der Waals surface area contributed by atoms with Crippen molar-refractivity contribution in [1.29, 1.82) is 0 Å². The second-order valence-electron chi connectivity index (χ2n) is 5.63. The summed E-state index contributed by atoms with van der Waals surface area (Å²) in [4.78, 5) is 12.0. The third kappa shape index (κ3) is 4.42. The van der Waals surface area contributed by atoms with E-state index in [0.717, 1.165) is 37.1 Å². The number of ether oxygens (including phenoxy) is 1. The van der Waals surface area contributed by atoms with Gasteiger partial charge in [-0.2, -0.15) is 5.10 Å². The molecule has 1 saturated carbocycles. The number of para-hydroxylation sites is 1. The van der Waals surface area contributed by atoms with Crippen molar-refractivity contribution in [3.05, 3.63) is 66.2 Å². The minimum absolute atomic E-state index is 0.0154. The van der Waals surface area contributed by atoms with E-state index >= 15 is 0 Å². The highest BCUT2D eigenvalue weighted by Gasteiger charge is 2.21. The predicted octanol–water partition coefficient (Wildman–Crippen LogP) is 4.25. The van der Waals surface area contributed by atoms with Gasteiger partial charge in [-0.1, -0.05) is 36.4 Å². The molecular weight excluding hydrogens is 288 g/mol. The number of benzene rings is 2. The fourth-order valence-corrected chi connectivity index (χ4v) is 2.60. The van der Waals surface area contributed by atoms with E-state index < -0.39 is 0 Å². The molecule has 2 aromatic rings. The van der Waals surface area contributed by atoms with E-state index in [-0.39, 0.29) is 12.1 Å². The highest BCUT2D eigenvalue weighted by Crippen LogP contribution is 2.21. The van der Waals surface area contributed by atoms with Crippen LogP contribution >= 0.6 is 0 Å². The maximum absolute atomic E-state index is 12.0. The number of hydrazone groups is 1. The molecule has 1 N–H and O–H groups in total. The lowest BCUT2D eigenvalue weighted by Gasteiger charge is -2.23. The Bertz CT molecular complexity index is 658. The Morgan fingerprint density at radius 2 is 1.57 bits per heavy atom. The third-order valence-corrected chi connectivity index (χ3v) is 3.91. The van der Waals surface area contributed by atoms with Crippen LogP contribution in [0.15, 0.2) is 65.8 Å². The van der Waals surface area contributed by atoms with Crippen molar-refractivity contribution in [1.82, 2.24) is 0 Å². The number of carbonyl (C=O) groups is 1. The molecule has 0 amide bonds. The number of nitrogens with zero attached hydrogens (tertiary/aromatic N) is 1. The highest BCUT2D eigenvalue weighted by atomic mass is 16.5. The fraction of sp³-hybridized carbons (Fsp3) is 0.263. The van der Waals surface area contributed by atoms with Crippen LogP contribution in [-0.2, 0) is 4.74 Å². The lowest BCUT2D eigenvalue weighted by Crippen LogP contribution is -2.25. The molecular formula is C19H20N2O2. The molecule has 2 aromatic carbocycles. The minimum atomic E-state index is -0.238. The van der Waals surface area contributed by atoms with Gasteiger partial charge in [0.2, 0.25) is 0 Å². The van der Waals surface area contributed by atoms with Crippen molar-refractivity contribution in [3.63, 3.8) is 0 Å². The Morgan fingerprint density at radius 1 is 0.957 bits per heavy atom. The van der Waals surface area contributed by atoms with Crippen LogP contribution in [0.5, 0.6) is 0 Å². The molecule has 0 saturated heterocycles. The topological polar surface area (TPSA) is 50.7 Å². The average molecular weight is 308 g/mol. The Hall–Kier alpha value is -2.62. The van der Waals surface area contributed by atoms with Crippen LogP contribution in [0.2, 0.25) is 0 Å². The molecule has 0 bridgehead atoms. The zero-order valence-corrected chi connectivity index (χ0v) is 12.9. The van der Waals surface area contributed by atoms with Crippen LogP contribution in [0.25, 0.3) is 0 Å². The quantitative estimate of drug-likeness (QED) is 0.678. The Balaban J connectivity index is 1.48. The van der Waals surface area contributed by atoms with Crippen molar-refractivity contribution >= 4 is 17.4 Å². The summed E-state index contributed by atoms with van der Waals surface area (Å²) in [7, 11) is 0. The smallest absolute Gasteiger partial charge is 0.338 e. The SMILES string of the molecule is O=C(OC1CCC(=NNc2ccccc2)CC1)c1ccccc1. The second kappa shape index (κ2) is 7.58. The van der Waals surface area contributed by atoms with Crippen LogP contribution in [0.3, 0.4) is 0 Å². The molecule has 0 aromatic heterocycles. The molecule has 1 fully saturated rings. The lowest BCUT2D eigenvalue weighted by molar-refractivity contribution is 0.0256. The monoisotopic (exact) mass is 308 g/mol. The molecule has 1 aliphatic carbocycles. The first-order chi connectivity index (χ1) is 11.3. The molecule has 0 unspecified atom stereocenters. The average Bonchev–Trinajstić information content (AvgIpc) is 2.63. The van der Waals surface area contributed by atoms with E-state index in [4.69, 9.17) is 4.74 Å². The third-order valence-electron chi connectivity index (χ3n) is 3.91. The molecule has 1 aliphatic rings. The van der Waals surface area contributed by atoms with Crippen molar-refractivity contribution in [2.24, 2.45) is 5.10 Å². The van der Waals surface area contributed by atoms with Gasteiger partial charge in [-0.25, -0.2) is 4.79 Å². The zero-order valence-electron chi connectivity index (χ0n) is 12.9. The summed E-state index contributed by atoms with van der Waals surface area (Å²) >= 11 is 0. The van der Waals surface area contributed by atoms with Crippen molar-refractivity contribution in [2.45, 2.75) is 31.8 Å². The van der Waals surface area contributed by atoms with Crippen molar-refractivity contribution < 1.29 is 9.53 Å². The summed E-state index contributed by atoms with van der Waals surface area (Å²) < 4.78 is 5.57. The standard InChI is InChI=1S/C19H20N2O2/c22-19(15-7-3-1-4-8-15)23-18-13-11-17(12-14-18)21-20-16-9-5-2-6-10-16/h1-10,18,20H,11-14H2. The van der Waals surface area contributed by atoms with Gasteiger partial charge >= 0.3 is 5.97 Å². The summed E-state index contributed by atoms with van der Waals surface area (Å²) in [5.41, 5.74) is 5.79. The number of hydrogen-bond acceptors (Lipinski definition) is 4. The summed E-state index contributed by atoms with van der Waals surface area (Å²) in [5.74, 6) is -0.238. The van der Waals surface area contributed by atoms with E-state index in [1.807, 2.05) is 48.5 Å². The molecule has 3 rings (SSSR count). The summed E-state index contributed by atoms with van der Waals surface area (Å²) in [5, 5.41) is 4.45. The molecule has 0 radical (unpaired) electrons. The van der Waals surface area contributed by atoms with Gasteiger partial charge in [0.25, 0.3) is 0 Å². The number of carbonyl (C=O) groups excluding carboxylic acids is 1. The van der Waals surface area contributed by atoms with E-state index in [1.54, 1.807) is 12.1 Å². The summed E-state index contributed by atoms with van der Waals surface area (Å²) in [6.45, 7) is 0. The van der Waals surface area contributed by atoms with E-state index in [2.05, 4.69) is 10.5 Å². The van der Waals surface area contributed by atoms with Crippen LogP contribution in [0, 0.1) is 0 Å². The first-order valence-corrected chi connectivity index (χ1v) is 7.94. The van der Waals surface area contributed by atoms with Gasteiger partial charge in [-0.05, 0) is 49.9 Å². The molecule has 4 nitrogen and oxygen atoms in total. The number of rotatable bonds is 4. The van der Waals surface area contributed by atoms with Gasteiger partial charge in [-0.15, -0.1) is 0 Å². The van der Waals surface area contributed by atoms with E-state index in [9.17, 15) is 4.79 Å².